The van der Waals surface area contributed by atoms with E-state index in [9.17, 15) is 8.42 Å². The first-order chi connectivity index (χ1) is 11.7. The van der Waals surface area contributed by atoms with Crippen molar-refractivity contribution in [2.45, 2.75) is 37.5 Å². The highest BCUT2D eigenvalue weighted by molar-refractivity contribution is 7.92. The van der Waals surface area contributed by atoms with Crippen molar-refractivity contribution in [3.05, 3.63) is 42.0 Å². The van der Waals surface area contributed by atoms with Crippen LogP contribution in [0.3, 0.4) is 0 Å². The Morgan fingerprint density at radius 1 is 1.04 bits per heavy atom. The van der Waals surface area contributed by atoms with Crippen LogP contribution >= 0.6 is 0 Å². The number of nitrogens with zero attached hydrogens (tertiary/aromatic N) is 1. The number of hydrogen-bond acceptors (Lipinski definition) is 5. The molecule has 25 heavy (non-hydrogen) atoms. The van der Waals surface area contributed by atoms with E-state index >= 15 is 0 Å². The molecule has 2 rings (SSSR count). The largest absolute Gasteiger partial charge is 0.481 e. The minimum atomic E-state index is -3.75. The van der Waals surface area contributed by atoms with Gasteiger partial charge in [0, 0.05) is 6.07 Å². The summed E-state index contributed by atoms with van der Waals surface area (Å²) in [6.45, 7) is 6.36. The summed E-state index contributed by atoms with van der Waals surface area (Å²) in [5.41, 5.74) is 1.35. The molecule has 2 aromatic rings. The molecule has 0 bridgehead atoms. The van der Waals surface area contributed by atoms with Crippen LogP contribution in [0.1, 0.15) is 32.8 Å². The zero-order valence-corrected chi connectivity index (χ0v) is 16.0. The van der Waals surface area contributed by atoms with Crippen molar-refractivity contribution in [2.24, 2.45) is 0 Å². The molecule has 0 spiro atoms. The maximum atomic E-state index is 12.6. The van der Waals surface area contributed by atoms with Gasteiger partial charge in [-0.25, -0.2) is 8.42 Å². The number of ether oxygens (including phenoxy) is 2. The van der Waals surface area contributed by atoms with Crippen molar-refractivity contribution in [3.8, 4) is 11.8 Å². The lowest BCUT2D eigenvalue weighted by atomic mass is 9.82. The second-order valence-electron chi connectivity index (χ2n) is 6.28. The molecule has 0 unspecified atom stereocenters. The molecule has 1 aromatic heterocycles. The first-order valence-electron chi connectivity index (χ1n) is 7.96. The summed E-state index contributed by atoms with van der Waals surface area (Å²) in [7, 11) is -0.850. The van der Waals surface area contributed by atoms with E-state index in [2.05, 4.69) is 30.5 Å². The summed E-state index contributed by atoms with van der Waals surface area (Å²) in [5, 5.41) is 0. The molecule has 0 aliphatic heterocycles. The van der Waals surface area contributed by atoms with E-state index in [1.54, 1.807) is 24.3 Å². The minimum absolute atomic E-state index is 0.00115. The van der Waals surface area contributed by atoms with Gasteiger partial charge in [-0.05, 0) is 35.6 Å². The Morgan fingerprint density at radius 2 is 1.68 bits per heavy atom. The van der Waals surface area contributed by atoms with E-state index in [1.165, 1.54) is 14.2 Å². The van der Waals surface area contributed by atoms with E-state index in [-0.39, 0.29) is 21.9 Å². The molecule has 0 radical (unpaired) electrons. The topological polar surface area (TPSA) is 77.5 Å². The predicted octanol–water partition coefficient (Wildman–Crippen LogP) is 3.59. The highest BCUT2D eigenvalue weighted by atomic mass is 32.2. The molecule has 1 aromatic carbocycles. The van der Waals surface area contributed by atoms with Gasteiger partial charge in [-0.15, -0.1) is 0 Å². The summed E-state index contributed by atoms with van der Waals surface area (Å²) in [6.07, 6.45) is 0.964. The molecule has 0 saturated carbocycles. The summed E-state index contributed by atoms with van der Waals surface area (Å²) in [6, 6.07) is 10.0. The Morgan fingerprint density at radius 3 is 2.20 bits per heavy atom. The number of rotatable bonds is 7. The molecule has 1 N–H and O–H groups in total. The Labute approximate surface area is 149 Å². The Bertz CT molecular complexity index is 831. The van der Waals surface area contributed by atoms with Crippen LogP contribution in [-0.2, 0) is 15.4 Å². The summed E-state index contributed by atoms with van der Waals surface area (Å²) in [5.74, 6) is 0.484. The van der Waals surface area contributed by atoms with Crippen molar-refractivity contribution in [2.75, 3.05) is 18.9 Å². The molecule has 136 valence electrons. The number of nitrogens with one attached hydrogen (secondary N) is 1. The van der Waals surface area contributed by atoms with Gasteiger partial charge in [0.25, 0.3) is 10.0 Å². The molecule has 0 atom stereocenters. The van der Waals surface area contributed by atoms with Gasteiger partial charge in [0.15, 0.2) is 0 Å². The highest BCUT2D eigenvalue weighted by Gasteiger charge is 2.21. The maximum absolute atomic E-state index is 12.6. The van der Waals surface area contributed by atoms with Crippen molar-refractivity contribution in [1.29, 1.82) is 0 Å². The summed E-state index contributed by atoms with van der Waals surface area (Å²) < 4.78 is 37.9. The van der Waals surface area contributed by atoms with Crippen LogP contribution in [-0.4, -0.2) is 27.6 Å². The maximum Gasteiger partial charge on any atom is 0.262 e. The lowest BCUT2D eigenvalue weighted by molar-refractivity contribution is 0.366. The van der Waals surface area contributed by atoms with Crippen molar-refractivity contribution in [3.63, 3.8) is 0 Å². The Kier molecular flexibility index (Phi) is 5.57. The fraction of sp³-hybridized carbons (Fsp3) is 0.389. The quantitative estimate of drug-likeness (QED) is 0.812. The molecule has 0 saturated heterocycles. The fourth-order valence-corrected chi connectivity index (χ4v) is 3.32. The molecule has 0 amide bonds. The molecule has 6 nitrogen and oxygen atoms in total. The first-order valence-corrected chi connectivity index (χ1v) is 9.44. The third-order valence-corrected chi connectivity index (χ3v) is 5.69. The molecule has 0 aliphatic rings. The van der Waals surface area contributed by atoms with Gasteiger partial charge >= 0.3 is 0 Å². The van der Waals surface area contributed by atoms with Gasteiger partial charge in [0.05, 0.1) is 19.1 Å². The number of sulfonamides is 1. The van der Waals surface area contributed by atoms with Gasteiger partial charge in [-0.3, -0.25) is 4.72 Å². The fourth-order valence-electron chi connectivity index (χ4n) is 2.26. The number of benzene rings is 1. The molecule has 0 fully saturated rings. The third kappa shape index (κ3) is 4.22. The van der Waals surface area contributed by atoms with E-state index in [1.807, 2.05) is 12.1 Å². The van der Waals surface area contributed by atoms with Crippen LogP contribution in [0.4, 0.5) is 5.69 Å². The van der Waals surface area contributed by atoms with E-state index in [0.717, 1.165) is 12.0 Å². The van der Waals surface area contributed by atoms with Gasteiger partial charge in [0.2, 0.25) is 11.8 Å². The average Bonchev–Trinajstić information content (AvgIpc) is 2.61. The summed E-state index contributed by atoms with van der Waals surface area (Å²) >= 11 is 0. The minimum Gasteiger partial charge on any atom is -0.481 e. The smallest absolute Gasteiger partial charge is 0.262 e. The van der Waals surface area contributed by atoms with Crippen LogP contribution in [0.2, 0.25) is 0 Å². The SMILES string of the molecule is CCC(C)(C)c1ccc(S(=O)(=O)Nc2ccc(OC)nc2OC)cc1. The van der Waals surface area contributed by atoms with Crippen molar-refractivity contribution < 1.29 is 17.9 Å². The van der Waals surface area contributed by atoms with E-state index < -0.39 is 10.0 Å². The number of pyridine rings is 1. The second kappa shape index (κ2) is 7.31. The van der Waals surface area contributed by atoms with Gasteiger partial charge in [-0.2, -0.15) is 4.98 Å². The molecular weight excluding hydrogens is 340 g/mol. The molecule has 0 aliphatic carbocycles. The van der Waals surface area contributed by atoms with Gasteiger partial charge < -0.3 is 9.47 Å². The van der Waals surface area contributed by atoms with Gasteiger partial charge in [-0.1, -0.05) is 32.9 Å². The number of methoxy groups -OCH3 is 2. The number of hydrogen-bond donors (Lipinski definition) is 1. The highest BCUT2D eigenvalue weighted by Crippen LogP contribution is 2.29. The first kappa shape index (κ1) is 19.1. The molecule has 1 heterocycles. The Balaban J connectivity index is 2.31. The van der Waals surface area contributed by atoms with Crippen LogP contribution in [0.5, 0.6) is 11.8 Å². The van der Waals surface area contributed by atoms with E-state index in [0.29, 0.717) is 5.88 Å². The second-order valence-corrected chi connectivity index (χ2v) is 7.96. The van der Waals surface area contributed by atoms with Crippen LogP contribution in [0, 0.1) is 0 Å². The Hall–Kier alpha value is -2.28. The van der Waals surface area contributed by atoms with Crippen LogP contribution in [0.15, 0.2) is 41.3 Å². The average molecular weight is 364 g/mol. The zero-order valence-electron chi connectivity index (χ0n) is 15.2. The molecular formula is C18H24N2O4S. The van der Waals surface area contributed by atoms with Crippen molar-refractivity contribution in [1.82, 2.24) is 4.98 Å². The third-order valence-electron chi connectivity index (χ3n) is 4.31. The lowest BCUT2D eigenvalue weighted by Crippen LogP contribution is -2.17. The lowest BCUT2D eigenvalue weighted by Gasteiger charge is -2.23. The summed E-state index contributed by atoms with van der Waals surface area (Å²) in [4.78, 5) is 4.26. The molecule has 7 heteroatoms. The monoisotopic (exact) mass is 364 g/mol. The van der Waals surface area contributed by atoms with E-state index in [4.69, 9.17) is 9.47 Å². The standard InChI is InChI=1S/C18H24N2O4S/c1-6-18(2,3)13-7-9-14(10-8-13)25(21,22)20-15-11-12-16(23-4)19-17(15)24-5/h7-12,20H,6H2,1-5H3. The van der Waals surface area contributed by atoms with Crippen LogP contribution < -0.4 is 14.2 Å². The van der Waals surface area contributed by atoms with Crippen molar-refractivity contribution >= 4 is 15.7 Å². The predicted molar refractivity (Wildman–Crippen MR) is 97.9 cm³/mol. The zero-order chi connectivity index (χ0) is 18.7. The van der Waals surface area contributed by atoms with Gasteiger partial charge in [0.1, 0.15) is 5.69 Å². The van der Waals surface area contributed by atoms with Crippen LogP contribution in [0.25, 0.3) is 0 Å². The normalized spacial score (nSPS) is 11.9. The number of anilines is 1. The number of aromatic nitrogens is 1.